The van der Waals surface area contributed by atoms with E-state index < -0.39 is 0 Å². The smallest absolute Gasteiger partial charge is 0.0465 e. The highest BCUT2D eigenvalue weighted by molar-refractivity contribution is 6.07. The molecule has 0 aliphatic heterocycles. The number of benzene rings is 3. The molecule has 3 aromatic carbocycles. The first-order valence-corrected chi connectivity index (χ1v) is 6.98. The van der Waals surface area contributed by atoms with E-state index in [-0.39, 0.29) is 0 Å². The van der Waals surface area contributed by atoms with E-state index in [1.807, 2.05) is 36.4 Å². The predicted molar refractivity (Wildman–Crippen MR) is 88.2 cm³/mol. The average Bonchev–Trinajstić information content (AvgIpc) is 2.92. The van der Waals surface area contributed by atoms with Gasteiger partial charge < -0.3 is 4.98 Å². The van der Waals surface area contributed by atoms with Gasteiger partial charge in [-0.2, -0.15) is 0 Å². The van der Waals surface area contributed by atoms with Crippen LogP contribution in [-0.2, 0) is 0 Å². The minimum absolute atomic E-state index is 1.04. The van der Waals surface area contributed by atoms with Crippen LogP contribution < -0.4 is 0 Å². The van der Waals surface area contributed by atoms with Crippen molar-refractivity contribution >= 4 is 21.8 Å². The minimum atomic E-state index is 1.04. The molecule has 4 rings (SSSR count). The highest BCUT2D eigenvalue weighted by Crippen LogP contribution is 2.25. The van der Waals surface area contributed by atoms with Gasteiger partial charge in [0.2, 0.25) is 0 Å². The first kappa shape index (κ1) is 11.8. The molecule has 0 amide bonds. The molecule has 4 aromatic rings. The summed E-state index contributed by atoms with van der Waals surface area (Å²) in [6.07, 6.45) is 0. The maximum Gasteiger partial charge on any atom is 0.0465 e. The van der Waals surface area contributed by atoms with Crippen molar-refractivity contribution in [1.29, 1.82) is 0 Å². The third-order valence-electron chi connectivity index (χ3n) is 3.63. The van der Waals surface area contributed by atoms with Gasteiger partial charge >= 0.3 is 0 Å². The van der Waals surface area contributed by atoms with Gasteiger partial charge in [-0.3, -0.25) is 0 Å². The molecule has 0 atom stereocenters. The Balaban J connectivity index is 1.84. The molecule has 0 radical (unpaired) electrons. The summed E-state index contributed by atoms with van der Waals surface area (Å²) in [5.41, 5.74) is 4.40. The topological polar surface area (TPSA) is 15.8 Å². The van der Waals surface area contributed by atoms with Gasteiger partial charge in [0.1, 0.15) is 0 Å². The van der Waals surface area contributed by atoms with E-state index in [0.29, 0.717) is 0 Å². The molecule has 98 valence electrons. The Labute approximate surface area is 123 Å². The van der Waals surface area contributed by atoms with Gasteiger partial charge in [-0.15, -0.1) is 0 Å². The van der Waals surface area contributed by atoms with Crippen LogP contribution in [0.2, 0.25) is 0 Å². The largest absolute Gasteiger partial charge is 0.355 e. The zero-order chi connectivity index (χ0) is 14.1. The molecular weight excluding hydrogens is 254 g/mol. The third kappa shape index (κ3) is 2.17. The second-order valence-electron chi connectivity index (χ2n) is 5.05. The summed E-state index contributed by atoms with van der Waals surface area (Å²) in [4.78, 5) is 3.43. The monoisotopic (exact) mass is 267 g/mol. The molecule has 0 saturated heterocycles. The van der Waals surface area contributed by atoms with E-state index in [4.69, 9.17) is 0 Å². The van der Waals surface area contributed by atoms with Crippen molar-refractivity contribution in [3.8, 4) is 11.8 Å². The molecule has 1 aromatic heterocycles. The van der Waals surface area contributed by atoms with Crippen molar-refractivity contribution in [3.05, 3.63) is 83.9 Å². The van der Waals surface area contributed by atoms with Crippen molar-refractivity contribution in [1.82, 2.24) is 4.98 Å². The Morgan fingerprint density at radius 1 is 0.571 bits per heavy atom. The standard InChI is InChI=1S/C20H13N/c1-2-6-15(7-3-1)10-11-16-12-13-20-18(14-16)17-8-4-5-9-19(17)21-20/h1-9,12-14,21H. The Hall–Kier alpha value is -2.98. The fourth-order valence-corrected chi connectivity index (χ4v) is 2.59. The maximum atomic E-state index is 3.43. The van der Waals surface area contributed by atoms with Crippen LogP contribution >= 0.6 is 0 Å². The molecule has 1 N–H and O–H groups in total. The normalized spacial score (nSPS) is 10.5. The molecule has 0 bridgehead atoms. The zero-order valence-corrected chi connectivity index (χ0v) is 11.4. The molecule has 0 spiro atoms. The summed E-state index contributed by atoms with van der Waals surface area (Å²) >= 11 is 0. The second-order valence-corrected chi connectivity index (χ2v) is 5.05. The molecule has 1 heteroatoms. The highest BCUT2D eigenvalue weighted by Gasteiger charge is 2.03. The summed E-state index contributed by atoms with van der Waals surface area (Å²) in [5.74, 6) is 6.45. The molecule has 0 aliphatic rings. The molecule has 0 unspecified atom stereocenters. The quantitative estimate of drug-likeness (QED) is 0.444. The van der Waals surface area contributed by atoms with Gasteiger partial charge in [0.05, 0.1) is 0 Å². The van der Waals surface area contributed by atoms with Crippen LogP contribution in [0.5, 0.6) is 0 Å². The number of aromatic amines is 1. The predicted octanol–water partition coefficient (Wildman–Crippen LogP) is 4.72. The zero-order valence-electron chi connectivity index (χ0n) is 11.4. The van der Waals surface area contributed by atoms with Crippen LogP contribution in [0.25, 0.3) is 21.8 Å². The lowest BCUT2D eigenvalue weighted by Gasteiger charge is -1.93. The fourth-order valence-electron chi connectivity index (χ4n) is 2.59. The lowest BCUT2D eigenvalue weighted by atomic mass is 10.1. The molecule has 0 aliphatic carbocycles. The lowest BCUT2D eigenvalue weighted by Crippen LogP contribution is -1.76. The van der Waals surface area contributed by atoms with E-state index in [9.17, 15) is 0 Å². The lowest BCUT2D eigenvalue weighted by molar-refractivity contribution is 1.54. The number of fused-ring (bicyclic) bond motifs is 3. The summed E-state index contributed by atoms with van der Waals surface area (Å²) in [6, 6.07) is 24.7. The fraction of sp³-hybridized carbons (Fsp3) is 0. The van der Waals surface area contributed by atoms with Crippen molar-refractivity contribution < 1.29 is 0 Å². The summed E-state index contributed by atoms with van der Waals surface area (Å²) in [6.45, 7) is 0. The number of aromatic nitrogens is 1. The van der Waals surface area contributed by atoms with Gasteiger partial charge in [0, 0.05) is 32.9 Å². The first-order chi connectivity index (χ1) is 10.4. The van der Waals surface area contributed by atoms with Gasteiger partial charge in [-0.25, -0.2) is 0 Å². The summed E-state index contributed by atoms with van der Waals surface area (Å²) in [5, 5.41) is 2.47. The van der Waals surface area contributed by atoms with Crippen molar-refractivity contribution in [2.45, 2.75) is 0 Å². The van der Waals surface area contributed by atoms with Crippen molar-refractivity contribution in [3.63, 3.8) is 0 Å². The van der Waals surface area contributed by atoms with Crippen LogP contribution in [0.15, 0.2) is 72.8 Å². The number of hydrogen-bond acceptors (Lipinski definition) is 0. The van der Waals surface area contributed by atoms with E-state index in [1.165, 1.54) is 16.3 Å². The molecule has 1 heterocycles. The van der Waals surface area contributed by atoms with Gasteiger partial charge in [-0.1, -0.05) is 48.2 Å². The first-order valence-electron chi connectivity index (χ1n) is 6.98. The van der Waals surface area contributed by atoms with Gasteiger partial charge in [0.15, 0.2) is 0 Å². The van der Waals surface area contributed by atoms with Gasteiger partial charge in [-0.05, 0) is 36.4 Å². The van der Waals surface area contributed by atoms with Crippen molar-refractivity contribution in [2.24, 2.45) is 0 Å². The summed E-state index contributed by atoms with van der Waals surface area (Å²) < 4.78 is 0. The van der Waals surface area contributed by atoms with Crippen LogP contribution in [0.3, 0.4) is 0 Å². The van der Waals surface area contributed by atoms with Gasteiger partial charge in [0.25, 0.3) is 0 Å². The highest BCUT2D eigenvalue weighted by atomic mass is 14.7. The van der Waals surface area contributed by atoms with E-state index in [2.05, 4.69) is 53.2 Å². The molecular formula is C20H13N. The van der Waals surface area contributed by atoms with E-state index in [1.54, 1.807) is 0 Å². The van der Waals surface area contributed by atoms with Crippen LogP contribution in [0.4, 0.5) is 0 Å². The van der Waals surface area contributed by atoms with Crippen LogP contribution in [0.1, 0.15) is 11.1 Å². The molecule has 1 nitrogen and oxygen atoms in total. The van der Waals surface area contributed by atoms with Crippen LogP contribution in [0, 0.1) is 11.8 Å². The minimum Gasteiger partial charge on any atom is -0.355 e. The molecule has 0 fully saturated rings. The number of hydrogen-bond donors (Lipinski definition) is 1. The third-order valence-corrected chi connectivity index (χ3v) is 3.63. The Kier molecular flexibility index (Phi) is 2.73. The number of para-hydroxylation sites is 1. The Bertz CT molecular complexity index is 982. The maximum absolute atomic E-state index is 3.43. The van der Waals surface area contributed by atoms with E-state index in [0.717, 1.165) is 16.6 Å². The Morgan fingerprint density at radius 2 is 1.29 bits per heavy atom. The van der Waals surface area contributed by atoms with Crippen LogP contribution in [-0.4, -0.2) is 4.98 Å². The molecule has 21 heavy (non-hydrogen) atoms. The van der Waals surface area contributed by atoms with E-state index >= 15 is 0 Å². The van der Waals surface area contributed by atoms with Crippen molar-refractivity contribution in [2.75, 3.05) is 0 Å². The number of H-pyrrole nitrogens is 1. The average molecular weight is 267 g/mol. The number of nitrogens with one attached hydrogen (secondary N) is 1. The SMILES string of the molecule is C(#Cc1ccc2[nH]c3ccccc3c2c1)c1ccccc1. The number of rotatable bonds is 0. The molecule has 0 saturated carbocycles. The summed E-state index contributed by atoms with van der Waals surface area (Å²) in [7, 11) is 0. The second kappa shape index (κ2) is 4.85. The Morgan fingerprint density at radius 3 is 2.19 bits per heavy atom.